The van der Waals surface area contributed by atoms with Crippen LogP contribution in [0.25, 0.3) is 0 Å². The van der Waals surface area contributed by atoms with Crippen molar-refractivity contribution in [3.63, 3.8) is 0 Å². The monoisotopic (exact) mass is 299 g/mol. The van der Waals surface area contributed by atoms with E-state index in [2.05, 4.69) is 26.8 Å². The SMILES string of the molecule is CCN(c1nc(Cl)nc(OC)n1)C1CCCCC1CN. The van der Waals surface area contributed by atoms with Crippen LogP contribution in [0.5, 0.6) is 6.01 Å². The Balaban J connectivity index is 2.28. The zero-order valence-corrected chi connectivity index (χ0v) is 12.8. The van der Waals surface area contributed by atoms with Crippen molar-refractivity contribution in [2.45, 2.75) is 38.6 Å². The van der Waals surface area contributed by atoms with Gasteiger partial charge in [-0.05, 0) is 43.8 Å². The number of ether oxygens (including phenoxy) is 1. The van der Waals surface area contributed by atoms with Crippen LogP contribution in [0, 0.1) is 5.92 Å². The molecule has 20 heavy (non-hydrogen) atoms. The molecule has 0 bridgehead atoms. The van der Waals surface area contributed by atoms with Crippen molar-refractivity contribution in [3.05, 3.63) is 5.28 Å². The van der Waals surface area contributed by atoms with Gasteiger partial charge < -0.3 is 15.4 Å². The number of methoxy groups -OCH3 is 1. The number of aromatic nitrogens is 3. The van der Waals surface area contributed by atoms with Crippen LogP contribution in [-0.2, 0) is 0 Å². The van der Waals surface area contributed by atoms with Crippen molar-refractivity contribution in [2.24, 2.45) is 11.7 Å². The van der Waals surface area contributed by atoms with Crippen LogP contribution in [-0.4, -0.2) is 41.2 Å². The Morgan fingerprint density at radius 2 is 2.05 bits per heavy atom. The summed E-state index contributed by atoms with van der Waals surface area (Å²) in [5.74, 6) is 1.06. The molecular formula is C13H22ClN5O. The fourth-order valence-corrected chi connectivity index (χ4v) is 3.09. The van der Waals surface area contributed by atoms with Crippen molar-refractivity contribution >= 4 is 17.5 Å². The fourth-order valence-electron chi connectivity index (χ4n) is 2.94. The molecule has 2 atom stereocenters. The van der Waals surface area contributed by atoms with Gasteiger partial charge in [0.2, 0.25) is 11.2 Å². The van der Waals surface area contributed by atoms with E-state index in [0.29, 0.717) is 24.5 Å². The average Bonchev–Trinajstić information content (AvgIpc) is 2.48. The molecule has 1 aromatic heterocycles. The van der Waals surface area contributed by atoms with E-state index < -0.39 is 0 Å². The van der Waals surface area contributed by atoms with E-state index in [9.17, 15) is 0 Å². The lowest BCUT2D eigenvalue weighted by Gasteiger charge is -2.39. The molecule has 0 radical (unpaired) electrons. The van der Waals surface area contributed by atoms with Gasteiger partial charge in [0.15, 0.2) is 0 Å². The smallest absolute Gasteiger partial charge is 0.322 e. The standard InChI is InChI=1S/C13H22ClN5O/c1-3-19(10-7-5-4-6-9(10)8-15)12-16-11(14)17-13(18-12)20-2/h9-10H,3-8,15H2,1-2H3. The highest BCUT2D eigenvalue weighted by atomic mass is 35.5. The third-order valence-electron chi connectivity index (χ3n) is 3.93. The Morgan fingerprint density at radius 3 is 2.70 bits per heavy atom. The molecule has 1 aliphatic rings. The maximum absolute atomic E-state index is 5.95. The predicted molar refractivity (Wildman–Crippen MR) is 79.2 cm³/mol. The Labute approximate surface area is 124 Å². The van der Waals surface area contributed by atoms with Gasteiger partial charge in [0.25, 0.3) is 0 Å². The first-order valence-electron chi connectivity index (χ1n) is 7.11. The number of nitrogens with zero attached hydrogens (tertiary/aromatic N) is 4. The molecule has 2 N–H and O–H groups in total. The van der Waals surface area contributed by atoms with E-state index in [1.54, 1.807) is 0 Å². The Bertz CT molecular complexity index is 445. The third kappa shape index (κ3) is 3.30. The second-order valence-electron chi connectivity index (χ2n) is 5.02. The molecule has 0 saturated heterocycles. The first kappa shape index (κ1) is 15.3. The van der Waals surface area contributed by atoms with Crippen molar-refractivity contribution in [1.82, 2.24) is 15.0 Å². The van der Waals surface area contributed by atoms with Crippen LogP contribution in [0.3, 0.4) is 0 Å². The Hall–Kier alpha value is -1.14. The molecule has 1 fully saturated rings. The zero-order chi connectivity index (χ0) is 14.5. The molecular weight excluding hydrogens is 278 g/mol. The number of hydrogen-bond acceptors (Lipinski definition) is 6. The third-order valence-corrected chi connectivity index (χ3v) is 4.10. The Morgan fingerprint density at radius 1 is 1.30 bits per heavy atom. The lowest BCUT2D eigenvalue weighted by molar-refractivity contribution is 0.297. The lowest BCUT2D eigenvalue weighted by atomic mass is 9.83. The molecule has 2 rings (SSSR count). The van der Waals surface area contributed by atoms with Gasteiger partial charge in [0.1, 0.15) is 0 Å². The van der Waals surface area contributed by atoms with Gasteiger partial charge in [-0.15, -0.1) is 0 Å². The first-order chi connectivity index (χ1) is 9.69. The minimum atomic E-state index is 0.158. The maximum Gasteiger partial charge on any atom is 0.322 e. The zero-order valence-electron chi connectivity index (χ0n) is 12.0. The molecule has 1 saturated carbocycles. The van der Waals surface area contributed by atoms with Crippen molar-refractivity contribution in [1.29, 1.82) is 0 Å². The summed E-state index contributed by atoms with van der Waals surface area (Å²) >= 11 is 5.95. The van der Waals surface area contributed by atoms with Gasteiger partial charge in [-0.3, -0.25) is 0 Å². The summed E-state index contributed by atoms with van der Waals surface area (Å²) in [5, 5.41) is 0.158. The first-order valence-corrected chi connectivity index (χ1v) is 7.49. The quantitative estimate of drug-likeness (QED) is 0.894. The maximum atomic E-state index is 5.95. The normalized spacial score (nSPS) is 22.6. The van der Waals surface area contributed by atoms with Gasteiger partial charge in [-0.25, -0.2) is 0 Å². The van der Waals surface area contributed by atoms with E-state index >= 15 is 0 Å². The van der Waals surface area contributed by atoms with Crippen LogP contribution < -0.4 is 15.4 Å². The van der Waals surface area contributed by atoms with Crippen LogP contribution >= 0.6 is 11.6 Å². The molecule has 0 aromatic carbocycles. The van der Waals surface area contributed by atoms with Crippen LogP contribution in [0.2, 0.25) is 5.28 Å². The largest absolute Gasteiger partial charge is 0.467 e. The summed E-state index contributed by atoms with van der Waals surface area (Å²) in [6.45, 7) is 3.59. The molecule has 0 amide bonds. The summed E-state index contributed by atoms with van der Waals surface area (Å²) in [4.78, 5) is 14.7. The molecule has 2 unspecified atom stereocenters. The molecule has 1 aliphatic carbocycles. The average molecular weight is 300 g/mol. The van der Waals surface area contributed by atoms with Gasteiger partial charge in [-0.1, -0.05) is 12.8 Å². The van der Waals surface area contributed by atoms with E-state index in [-0.39, 0.29) is 11.3 Å². The predicted octanol–water partition coefficient (Wildman–Crippen LogP) is 1.88. The summed E-state index contributed by atoms with van der Waals surface area (Å²) in [7, 11) is 1.52. The summed E-state index contributed by atoms with van der Waals surface area (Å²) in [5.41, 5.74) is 5.92. The second-order valence-corrected chi connectivity index (χ2v) is 5.36. The summed E-state index contributed by atoms with van der Waals surface area (Å²) < 4.78 is 5.07. The molecule has 0 aliphatic heterocycles. The molecule has 112 valence electrons. The van der Waals surface area contributed by atoms with Crippen LogP contribution in [0.4, 0.5) is 5.95 Å². The number of anilines is 1. The van der Waals surface area contributed by atoms with Gasteiger partial charge >= 0.3 is 6.01 Å². The van der Waals surface area contributed by atoms with Crippen LogP contribution in [0.1, 0.15) is 32.6 Å². The molecule has 0 spiro atoms. The van der Waals surface area contributed by atoms with E-state index in [0.717, 1.165) is 19.4 Å². The van der Waals surface area contributed by atoms with E-state index in [4.69, 9.17) is 22.1 Å². The highest BCUT2D eigenvalue weighted by Crippen LogP contribution is 2.30. The minimum absolute atomic E-state index is 0.158. The number of halogens is 1. The molecule has 7 heteroatoms. The number of hydrogen-bond donors (Lipinski definition) is 1. The summed E-state index contributed by atoms with van der Waals surface area (Å²) in [6.07, 6.45) is 4.74. The van der Waals surface area contributed by atoms with E-state index in [1.165, 1.54) is 20.0 Å². The second kappa shape index (κ2) is 7.04. The van der Waals surface area contributed by atoms with E-state index in [1.807, 2.05) is 0 Å². The van der Waals surface area contributed by atoms with Gasteiger partial charge in [-0.2, -0.15) is 15.0 Å². The van der Waals surface area contributed by atoms with Crippen molar-refractivity contribution in [3.8, 4) is 6.01 Å². The fraction of sp³-hybridized carbons (Fsp3) is 0.769. The molecule has 6 nitrogen and oxygen atoms in total. The van der Waals surface area contributed by atoms with Crippen molar-refractivity contribution in [2.75, 3.05) is 25.1 Å². The molecule has 1 aromatic rings. The van der Waals surface area contributed by atoms with Gasteiger partial charge in [0, 0.05) is 12.6 Å². The van der Waals surface area contributed by atoms with Crippen LogP contribution in [0.15, 0.2) is 0 Å². The highest BCUT2D eigenvalue weighted by Gasteiger charge is 2.30. The topological polar surface area (TPSA) is 77.2 Å². The summed E-state index contributed by atoms with van der Waals surface area (Å²) in [6, 6.07) is 0.612. The van der Waals surface area contributed by atoms with Gasteiger partial charge in [0.05, 0.1) is 7.11 Å². The molecule has 1 heterocycles. The number of rotatable bonds is 5. The number of nitrogens with two attached hydrogens (primary N) is 1. The Kier molecular flexibility index (Phi) is 5.37. The lowest BCUT2D eigenvalue weighted by Crippen LogP contribution is -2.46. The highest BCUT2D eigenvalue weighted by molar-refractivity contribution is 6.28. The van der Waals surface area contributed by atoms with Crippen molar-refractivity contribution < 1.29 is 4.74 Å². The minimum Gasteiger partial charge on any atom is -0.467 e.